The lowest BCUT2D eigenvalue weighted by atomic mass is 9.97. The van der Waals surface area contributed by atoms with E-state index < -0.39 is 29.1 Å². The number of carbonyl (C=O) groups is 1. The van der Waals surface area contributed by atoms with Crippen LogP contribution in [-0.2, 0) is 6.18 Å². The van der Waals surface area contributed by atoms with Crippen molar-refractivity contribution in [3.8, 4) is 11.1 Å². The van der Waals surface area contributed by atoms with E-state index in [1.165, 1.54) is 18.2 Å². The summed E-state index contributed by atoms with van der Waals surface area (Å²) in [6.07, 6.45) is -4.55. The molecule has 0 aliphatic carbocycles. The molecule has 6 heteroatoms. The fourth-order valence-corrected chi connectivity index (χ4v) is 1.85. The minimum atomic E-state index is -4.55. The Hall–Kier alpha value is -2.37. The maximum Gasteiger partial charge on any atom is 0.416 e. The van der Waals surface area contributed by atoms with Crippen LogP contribution in [0.15, 0.2) is 42.5 Å². The average Bonchev–Trinajstić information content (AvgIpc) is 2.37. The van der Waals surface area contributed by atoms with Crippen LogP contribution in [0.25, 0.3) is 11.1 Å². The Kier molecular flexibility index (Phi) is 3.48. The van der Waals surface area contributed by atoms with Crippen molar-refractivity contribution in [1.29, 1.82) is 0 Å². The molecule has 2 nitrogen and oxygen atoms in total. The Morgan fingerprint density at radius 2 is 1.70 bits per heavy atom. The van der Waals surface area contributed by atoms with Crippen LogP contribution < -0.4 is 0 Å². The van der Waals surface area contributed by atoms with Crippen molar-refractivity contribution in [2.24, 2.45) is 0 Å². The molecule has 20 heavy (non-hydrogen) atoms. The number of halogens is 4. The van der Waals surface area contributed by atoms with Crippen molar-refractivity contribution >= 4 is 5.97 Å². The smallest absolute Gasteiger partial charge is 0.416 e. The first kappa shape index (κ1) is 14.0. The van der Waals surface area contributed by atoms with Crippen molar-refractivity contribution in [3.63, 3.8) is 0 Å². The molecule has 2 aromatic carbocycles. The van der Waals surface area contributed by atoms with Gasteiger partial charge in [0.2, 0.25) is 0 Å². The molecule has 0 radical (unpaired) electrons. The van der Waals surface area contributed by atoms with Gasteiger partial charge in [-0.15, -0.1) is 0 Å². The minimum absolute atomic E-state index is 0.00303. The average molecular weight is 284 g/mol. The summed E-state index contributed by atoms with van der Waals surface area (Å²) in [4.78, 5) is 11.0. The Balaban J connectivity index is 2.64. The van der Waals surface area contributed by atoms with Crippen molar-refractivity contribution in [2.75, 3.05) is 0 Å². The summed E-state index contributed by atoms with van der Waals surface area (Å²) in [5.41, 5.74) is -1.66. The SMILES string of the molecule is O=C(O)c1c(F)cccc1-c1cccc(C(F)(F)F)c1. The highest BCUT2D eigenvalue weighted by molar-refractivity contribution is 5.96. The van der Waals surface area contributed by atoms with Gasteiger partial charge in [0, 0.05) is 0 Å². The van der Waals surface area contributed by atoms with Crippen LogP contribution in [0.4, 0.5) is 17.6 Å². The van der Waals surface area contributed by atoms with Gasteiger partial charge in [0.05, 0.1) is 5.56 Å². The Bertz CT molecular complexity index is 662. The molecule has 0 unspecified atom stereocenters. The summed E-state index contributed by atoms with van der Waals surface area (Å²) in [7, 11) is 0. The molecule has 0 spiro atoms. The third-order valence-electron chi connectivity index (χ3n) is 2.73. The summed E-state index contributed by atoms with van der Waals surface area (Å²) in [5.74, 6) is -2.53. The van der Waals surface area contributed by atoms with E-state index in [0.717, 1.165) is 24.3 Å². The molecule has 0 aromatic heterocycles. The molecular weight excluding hydrogens is 276 g/mol. The van der Waals surface area contributed by atoms with Crippen LogP contribution in [0, 0.1) is 5.82 Å². The third-order valence-corrected chi connectivity index (χ3v) is 2.73. The Morgan fingerprint density at radius 3 is 2.30 bits per heavy atom. The number of carboxylic acid groups (broad SMARTS) is 1. The number of hydrogen-bond acceptors (Lipinski definition) is 1. The van der Waals surface area contributed by atoms with Gasteiger partial charge in [-0.25, -0.2) is 9.18 Å². The monoisotopic (exact) mass is 284 g/mol. The Morgan fingerprint density at radius 1 is 1.05 bits per heavy atom. The van der Waals surface area contributed by atoms with Crippen LogP contribution in [0.5, 0.6) is 0 Å². The van der Waals surface area contributed by atoms with Gasteiger partial charge in [0.15, 0.2) is 0 Å². The summed E-state index contributed by atoms with van der Waals surface area (Å²) in [6, 6.07) is 7.57. The highest BCUT2D eigenvalue weighted by Gasteiger charge is 2.30. The highest BCUT2D eigenvalue weighted by Crippen LogP contribution is 2.33. The lowest BCUT2D eigenvalue weighted by Gasteiger charge is -2.11. The van der Waals surface area contributed by atoms with Gasteiger partial charge in [-0.3, -0.25) is 0 Å². The van der Waals surface area contributed by atoms with E-state index in [-0.39, 0.29) is 11.1 Å². The third kappa shape index (κ3) is 2.64. The molecule has 0 fully saturated rings. The zero-order valence-electron chi connectivity index (χ0n) is 9.91. The molecule has 0 aliphatic heterocycles. The quantitative estimate of drug-likeness (QED) is 0.839. The van der Waals surface area contributed by atoms with Gasteiger partial charge in [-0.1, -0.05) is 24.3 Å². The molecule has 0 atom stereocenters. The van der Waals surface area contributed by atoms with Gasteiger partial charge >= 0.3 is 12.1 Å². The van der Waals surface area contributed by atoms with Gasteiger partial charge in [-0.05, 0) is 29.3 Å². The van der Waals surface area contributed by atoms with Gasteiger partial charge in [0.25, 0.3) is 0 Å². The zero-order chi connectivity index (χ0) is 14.9. The molecule has 2 rings (SSSR count). The number of alkyl halides is 3. The molecule has 2 aromatic rings. The maximum atomic E-state index is 13.5. The first-order chi connectivity index (χ1) is 9.30. The first-order valence-corrected chi connectivity index (χ1v) is 5.50. The van der Waals surface area contributed by atoms with Crippen molar-refractivity contribution in [2.45, 2.75) is 6.18 Å². The molecular formula is C14H8F4O2. The van der Waals surface area contributed by atoms with E-state index in [9.17, 15) is 22.4 Å². The molecule has 0 amide bonds. The minimum Gasteiger partial charge on any atom is -0.478 e. The van der Waals surface area contributed by atoms with Crippen molar-refractivity contribution < 1.29 is 27.5 Å². The fourth-order valence-electron chi connectivity index (χ4n) is 1.85. The lowest BCUT2D eigenvalue weighted by Crippen LogP contribution is -2.06. The second-order valence-corrected chi connectivity index (χ2v) is 4.05. The second kappa shape index (κ2) is 4.96. The summed E-state index contributed by atoms with van der Waals surface area (Å²) < 4.78 is 51.4. The molecule has 0 saturated heterocycles. The molecule has 0 aliphatic rings. The van der Waals surface area contributed by atoms with Crippen LogP contribution >= 0.6 is 0 Å². The van der Waals surface area contributed by atoms with E-state index >= 15 is 0 Å². The summed E-state index contributed by atoms with van der Waals surface area (Å²) >= 11 is 0. The standard InChI is InChI=1S/C14H8F4O2/c15-11-6-2-5-10(12(11)13(19)20)8-3-1-4-9(7-8)14(16,17)18/h1-7H,(H,19,20). The maximum absolute atomic E-state index is 13.5. The highest BCUT2D eigenvalue weighted by atomic mass is 19.4. The fraction of sp³-hybridized carbons (Fsp3) is 0.0714. The largest absolute Gasteiger partial charge is 0.478 e. The zero-order valence-corrected chi connectivity index (χ0v) is 9.91. The number of aromatic carboxylic acids is 1. The molecule has 0 bridgehead atoms. The topological polar surface area (TPSA) is 37.3 Å². The van der Waals surface area contributed by atoms with Crippen molar-refractivity contribution in [1.82, 2.24) is 0 Å². The first-order valence-electron chi connectivity index (χ1n) is 5.50. The predicted molar refractivity (Wildman–Crippen MR) is 63.8 cm³/mol. The van der Waals surface area contributed by atoms with E-state index in [0.29, 0.717) is 0 Å². The van der Waals surface area contributed by atoms with Crippen molar-refractivity contribution in [3.05, 3.63) is 59.4 Å². The normalized spacial score (nSPS) is 11.4. The molecule has 0 heterocycles. The van der Waals surface area contributed by atoms with Crippen LogP contribution in [-0.4, -0.2) is 11.1 Å². The van der Waals surface area contributed by atoms with E-state index in [4.69, 9.17) is 5.11 Å². The van der Waals surface area contributed by atoms with Gasteiger partial charge in [0.1, 0.15) is 11.4 Å². The van der Waals surface area contributed by atoms with Crippen LogP contribution in [0.3, 0.4) is 0 Å². The van der Waals surface area contributed by atoms with Gasteiger partial charge in [-0.2, -0.15) is 13.2 Å². The number of benzene rings is 2. The van der Waals surface area contributed by atoms with Crippen LogP contribution in [0.2, 0.25) is 0 Å². The van der Waals surface area contributed by atoms with E-state index in [1.54, 1.807) is 0 Å². The van der Waals surface area contributed by atoms with E-state index in [1.807, 2.05) is 0 Å². The van der Waals surface area contributed by atoms with E-state index in [2.05, 4.69) is 0 Å². The molecule has 0 saturated carbocycles. The number of carboxylic acids is 1. The van der Waals surface area contributed by atoms with Gasteiger partial charge < -0.3 is 5.11 Å². The number of hydrogen-bond donors (Lipinski definition) is 1. The summed E-state index contributed by atoms with van der Waals surface area (Å²) in [5, 5.41) is 8.97. The lowest BCUT2D eigenvalue weighted by molar-refractivity contribution is -0.137. The number of rotatable bonds is 2. The predicted octanol–water partition coefficient (Wildman–Crippen LogP) is 4.21. The summed E-state index contributed by atoms with van der Waals surface area (Å²) in [6.45, 7) is 0. The van der Waals surface area contributed by atoms with Crippen LogP contribution in [0.1, 0.15) is 15.9 Å². The molecule has 104 valence electrons. The second-order valence-electron chi connectivity index (χ2n) is 4.05. The Labute approximate surface area is 111 Å². The molecule has 1 N–H and O–H groups in total.